The number of amides is 1. The Hall–Kier alpha value is -2.28. The van der Waals surface area contributed by atoms with Crippen molar-refractivity contribution < 1.29 is 13.9 Å². The summed E-state index contributed by atoms with van der Waals surface area (Å²) in [6, 6.07) is 5.83. The summed E-state index contributed by atoms with van der Waals surface area (Å²) in [6.45, 7) is 5.41. The van der Waals surface area contributed by atoms with Crippen LogP contribution in [0.5, 0.6) is 0 Å². The molecule has 3 rings (SSSR count). The van der Waals surface area contributed by atoms with Gasteiger partial charge in [0.1, 0.15) is 30.6 Å². The molecule has 1 saturated heterocycles. The summed E-state index contributed by atoms with van der Waals surface area (Å²) in [5.41, 5.74) is 0.871. The molecule has 2 heterocycles. The van der Waals surface area contributed by atoms with Crippen LogP contribution in [0.4, 0.5) is 4.39 Å². The monoisotopic (exact) mass is 332 g/mol. The lowest BCUT2D eigenvalue weighted by molar-refractivity contribution is -0.144. The topological polar surface area (TPSA) is 60.2 Å². The lowest BCUT2D eigenvalue weighted by Gasteiger charge is -2.36. The first-order chi connectivity index (χ1) is 11.6. The SMILES string of the molecule is CC(C)[C@@H](C(=O)N1CCO[C@H](c2ccc(F)cc2)C1)n1cncn1. The second kappa shape index (κ2) is 7.09. The zero-order valence-electron chi connectivity index (χ0n) is 13.8. The van der Waals surface area contributed by atoms with E-state index in [1.807, 2.05) is 13.8 Å². The molecule has 0 unspecified atom stereocenters. The Morgan fingerprint density at radius 2 is 2.08 bits per heavy atom. The Morgan fingerprint density at radius 1 is 1.33 bits per heavy atom. The van der Waals surface area contributed by atoms with E-state index in [4.69, 9.17) is 4.74 Å². The Labute approximate surface area is 140 Å². The van der Waals surface area contributed by atoms with Gasteiger partial charge in [0, 0.05) is 6.54 Å². The van der Waals surface area contributed by atoms with Crippen molar-refractivity contribution in [2.75, 3.05) is 19.7 Å². The third-order valence-corrected chi connectivity index (χ3v) is 4.23. The van der Waals surface area contributed by atoms with Crippen LogP contribution in [0, 0.1) is 11.7 Å². The molecule has 0 N–H and O–H groups in total. The molecule has 1 aromatic carbocycles. The number of ether oxygens (including phenoxy) is 1. The average Bonchev–Trinajstić information content (AvgIpc) is 3.09. The normalized spacial score (nSPS) is 19.5. The van der Waals surface area contributed by atoms with E-state index in [9.17, 15) is 9.18 Å². The quantitative estimate of drug-likeness (QED) is 0.861. The number of halogens is 1. The molecule has 1 amide bonds. The van der Waals surface area contributed by atoms with E-state index < -0.39 is 0 Å². The second-order valence-electron chi connectivity index (χ2n) is 6.26. The first-order valence-electron chi connectivity index (χ1n) is 8.06. The van der Waals surface area contributed by atoms with Gasteiger partial charge in [0.2, 0.25) is 5.91 Å². The molecule has 0 aliphatic carbocycles. The van der Waals surface area contributed by atoms with Gasteiger partial charge in [0.05, 0.1) is 13.2 Å². The number of benzene rings is 1. The van der Waals surface area contributed by atoms with Crippen LogP contribution in [-0.2, 0) is 9.53 Å². The van der Waals surface area contributed by atoms with Gasteiger partial charge in [0.15, 0.2) is 0 Å². The van der Waals surface area contributed by atoms with E-state index in [1.165, 1.54) is 18.5 Å². The lowest BCUT2D eigenvalue weighted by atomic mass is 10.0. The molecule has 1 aliphatic rings. The number of hydrogen-bond donors (Lipinski definition) is 0. The fraction of sp³-hybridized carbons (Fsp3) is 0.471. The summed E-state index contributed by atoms with van der Waals surface area (Å²) in [7, 11) is 0. The molecular formula is C17H21FN4O2. The van der Waals surface area contributed by atoms with E-state index in [0.717, 1.165) is 5.56 Å². The van der Waals surface area contributed by atoms with Crippen LogP contribution >= 0.6 is 0 Å². The zero-order chi connectivity index (χ0) is 17.1. The molecule has 2 aromatic rings. The van der Waals surface area contributed by atoms with Crippen LogP contribution in [0.2, 0.25) is 0 Å². The second-order valence-corrected chi connectivity index (χ2v) is 6.26. The minimum atomic E-state index is -0.389. The molecule has 0 bridgehead atoms. The lowest BCUT2D eigenvalue weighted by Crippen LogP contribution is -2.46. The van der Waals surface area contributed by atoms with Crippen molar-refractivity contribution in [3.05, 3.63) is 48.3 Å². The van der Waals surface area contributed by atoms with Crippen LogP contribution in [0.3, 0.4) is 0 Å². The molecule has 1 fully saturated rings. The summed E-state index contributed by atoms with van der Waals surface area (Å²) in [4.78, 5) is 18.7. The van der Waals surface area contributed by atoms with Crippen molar-refractivity contribution >= 4 is 5.91 Å². The van der Waals surface area contributed by atoms with Gasteiger partial charge >= 0.3 is 0 Å². The summed E-state index contributed by atoms with van der Waals surface area (Å²) >= 11 is 0. The molecule has 6 nitrogen and oxygen atoms in total. The highest BCUT2D eigenvalue weighted by Gasteiger charge is 2.33. The Bertz CT molecular complexity index is 672. The van der Waals surface area contributed by atoms with Gasteiger partial charge < -0.3 is 9.64 Å². The van der Waals surface area contributed by atoms with Crippen molar-refractivity contribution in [2.45, 2.75) is 26.0 Å². The maximum Gasteiger partial charge on any atom is 0.247 e. The molecule has 0 spiro atoms. The van der Waals surface area contributed by atoms with Crippen molar-refractivity contribution in [3.63, 3.8) is 0 Å². The van der Waals surface area contributed by atoms with E-state index in [2.05, 4.69) is 10.1 Å². The smallest absolute Gasteiger partial charge is 0.247 e. The Balaban J connectivity index is 1.76. The summed E-state index contributed by atoms with van der Waals surface area (Å²) in [6.07, 6.45) is 2.76. The van der Waals surface area contributed by atoms with E-state index in [1.54, 1.807) is 28.0 Å². The number of aromatic nitrogens is 3. The molecule has 24 heavy (non-hydrogen) atoms. The average molecular weight is 332 g/mol. The van der Waals surface area contributed by atoms with Crippen LogP contribution in [0.1, 0.15) is 31.6 Å². The van der Waals surface area contributed by atoms with E-state index >= 15 is 0 Å². The third kappa shape index (κ3) is 3.46. The minimum Gasteiger partial charge on any atom is -0.370 e. The molecule has 128 valence electrons. The van der Waals surface area contributed by atoms with Gasteiger partial charge in [0.25, 0.3) is 0 Å². The van der Waals surface area contributed by atoms with Crippen molar-refractivity contribution in [2.24, 2.45) is 5.92 Å². The van der Waals surface area contributed by atoms with Crippen molar-refractivity contribution in [1.29, 1.82) is 0 Å². The predicted molar refractivity (Wildman–Crippen MR) is 85.6 cm³/mol. The van der Waals surface area contributed by atoms with Crippen LogP contribution < -0.4 is 0 Å². The standard InChI is InChI=1S/C17H21FN4O2/c1-12(2)16(22-11-19-10-20-22)17(23)21-7-8-24-15(9-21)13-3-5-14(18)6-4-13/h3-6,10-12,15-16H,7-9H2,1-2H3/t15-,16-/m0/s1. The summed E-state index contributed by atoms with van der Waals surface area (Å²) in [5.74, 6) is -0.189. The van der Waals surface area contributed by atoms with E-state index in [0.29, 0.717) is 19.7 Å². The molecule has 2 atom stereocenters. The number of rotatable bonds is 4. The summed E-state index contributed by atoms with van der Waals surface area (Å²) < 4.78 is 20.5. The van der Waals surface area contributed by atoms with Gasteiger partial charge in [-0.3, -0.25) is 4.79 Å². The Kier molecular flexibility index (Phi) is 4.89. The largest absolute Gasteiger partial charge is 0.370 e. The molecule has 1 aromatic heterocycles. The van der Waals surface area contributed by atoms with Crippen molar-refractivity contribution in [1.82, 2.24) is 19.7 Å². The highest BCUT2D eigenvalue weighted by atomic mass is 19.1. The molecule has 0 radical (unpaired) electrons. The molecule has 0 saturated carbocycles. The molecule has 7 heteroatoms. The summed E-state index contributed by atoms with van der Waals surface area (Å²) in [5, 5.41) is 4.13. The predicted octanol–water partition coefficient (Wildman–Crippen LogP) is 2.21. The van der Waals surface area contributed by atoms with Crippen molar-refractivity contribution in [3.8, 4) is 0 Å². The highest BCUT2D eigenvalue weighted by molar-refractivity contribution is 5.80. The first-order valence-corrected chi connectivity index (χ1v) is 8.06. The fourth-order valence-corrected chi connectivity index (χ4v) is 2.98. The first kappa shape index (κ1) is 16.6. The third-order valence-electron chi connectivity index (χ3n) is 4.23. The fourth-order valence-electron chi connectivity index (χ4n) is 2.98. The molecular weight excluding hydrogens is 311 g/mol. The van der Waals surface area contributed by atoms with Crippen LogP contribution in [-0.4, -0.2) is 45.3 Å². The van der Waals surface area contributed by atoms with Gasteiger partial charge in [-0.2, -0.15) is 5.10 Å². The maximum atomic E-state index is 13.1. The number of carbonyl (C=O) groups excluding carboxylic acids is 1. The molecule has 1 aliphatic heterocycles. The number of carbonyl (C=O) groups is 1. The van der Waals surface area contributed by atoms with Gasteiger partial charge in [-0.25, -0.2) is 14.1 Å². The number of hydrogen-bond acceptors (Lipinski definition) is 4. The van der Waals surface area contributed by atoms with E-state index in [-0.39, 0.29) is 29.8 Å². The van der Waals surface area contributed by atoms with Gasteiger partial charge in [-0.15, -0.1) is 0 Å². The highest BCUT2D eigenvalue weighted by Crippen LogP contribution is 2.26. The zero-order valence-corrected chi connectivity index (χ0v) is 13.8. The number of morpholine rings is 1. The minimum absolute atomic E-state index is 0.00547. The van der Waals surface area contributed by atoms with Crippen LogP contribution in [0.15, 0.2) is 36.9 Å². The Morgan fingerprint density at radius 3 is 2.71 bits per heavy atom. The van der Waals surface area contributed by atoms with Gasteiger partial charge in [-0.05, 0) is 23.6 Å². The maximum absolute atomic E-state index is 13.1. The van der Waals surface area contributed by atoms with Crippen LogP contribution in [0.25, 0.3) is 0 Å². The number of nitrogens with zero attached hydrogens (tertiary/aromatic N) is 4. The van der Waals surface area contributed by atoms with Gasteiger partial charge in [-0.1, -0.05) is 26.0 Å².